The molecule has 2 atom stereocenters. The molecule has 7 heteroatoms. The predicted molar refractivity (Wildman–Crippen MR) is 126 cm³/mol. The molecule has 0 spiro atoms. The number of ether oxygens (including phenoxy) is 3. The molecule has 178 valence electrons. The summed E-state index contributed by atoms with van der Waals surface area (Å²) < 4.78 is 16.1. The van der Waals surface area contributed by atoms with Crippen molar-refractivity contribution >= 4 is 11.8 Å². The minimum atomic E-state index is -0.547. The van der Waals surface area contributed by atoms with Gasteiger partial charge in [-0.15, -0.1) is 0 Å². The van der Waals surface area contributed by atoms with Crippen LogP contribution in [0.4, 0.5) is 0 Å². The molecule has 7 nitrogen and oxygen atoms in total. The number of hydrogen-bond acceptors (Lipinski definition) is 5. The van der Waals surface area contributed by atoms with Crippen molar-refractivity contribution in [2.45, 2.75) is 65.1 Å². The smallest absolute Gasteiger partial charge is 0.243 e. The highest BCUT2D eigenvalue weighted by molar-refractivity contribution is 5.88. The zero-order valence-electron chi connectivity index (χ0n) is 19.9. The lowest BCUT2D eigenvalue weighted by Crippen LogP contribution is -2.50. The van der Waals surface area contributed by atoms with Crippen LogP contribution in [-0.4, -0.2) is 42.7 Å². The number of rotatable bonds is 11. The third-order valence-electron chi connectivity index (χ3n) is 5.94. The van der Waals surface area contributed by atoms with Crippen molar-refractivity contribution in [3.8, 4) is 17.2 Å². The van der Waals surface area contributed by atoms with Crippen LogP contribution in [0, 0.1) is 0 Å². The summed E-state index contributed by atoms with van der Waals surface area (Å²) in [6, 6.07) is 12.8. The van der Waals surface area contributed by atoms with E-state index in [4.69, 9.17) is 14.2 Å². The summed E-state index contributed by atoms with van der Waals surface area (Å²) in [5.74, 6) is 1.95. The van der Waals surface area contributed by atoms with Gasteiger partial charge in [-0.1, -0.05) is 32.0 Å². The number of nitrogens with zero attached hydrogens (tertiary/aromatic N) is 1. The largest absolute Gasteiger partial charge is 0.497 e. The molecule has 0 saturated carbocycles. The highest BCUT2D eigenvalue weighted by Gasteiger charge is 2.29. The first-order valence-electron chi connectivity index (χ1n) is 11.6. The number of fused-ring (bicyclic) bond motifs is 1. The molecule has 33 heavy (non-hydrogen) atoms. The fraction of sp³-hybridized carbons (Fsp3) is 0.462. The van der Waals surface area contributed by atoms with Crippen LogP contribution in [0.1, 0.15) is 51.2 Å². The molecule has 0 bridgehead atoms. The SMILES string of the molecule is CCC(C)NC(=O)C(CC)N(Cc1cccc(OC)c1)C(=O)CCc1ccc2c(c1)OCO2. The van der Waals surface area contributed by atoms with Crippen LogP contribution < -0.4 is 19.5 Å². The van der Waals surface area contributed by atoms with Gasteiger partial charge in [0, 0.05) is 19.0 Å². The number of amides is 2. The molecular weight excluding hydrogens is 420 g/mol. The monoisotopic (exact) mass is 454 g/mol. The minimum absolute atomic E-state index is 0.0500. The Bertz CT molecular complexity index is 961. The maximum atomic E-state index is 13.4. The molecule has 2 unspecified atom stereocenters. The van der Waals surface area contributed by atoms with Gasteiger partial charge in [0.15, 0.2) is 11.5 Å². The lowest BCUT2D eigenvalue weighted by Gasteiger charge is -2.31. The molecule has 0 saturated heterocycles. The fourth-order valence-corrected chi connectivity index (χ4v) is 3.82. The zero-order valence-corrected chi connectivity index (χ0v) is 19.9. The van der Waals surface area contributed by atoms with Crippen LogP contribution >= 0.6 is 0 Å². The first kappa shape index (κ1) is 24.4. The van der Waals surface area contributed by atoms with Crippen molar-refractivity contribution in [3.63, 3.8) is 0 Å². The summed E-state index contributed by atoms with van der Waals surface area (Å²) in [4.78, 5) is 28.2. The van der Waals surface area contributed by atoms with Crippen LogP contribution in [-0.2, 0) is 22.6 Å². The average Bonchev–Trinajstić information content (AvgIpc) is 3.30. The van der Waals surface area contributed by atoms with E-state index in [-0.39, 0.29) is 31.1 Å². The summed E-state index contributed by atoms with van der Waals surface area (Å²) in [6.45, 7) is 6.48. The van der Waals surface area contributed by atoms with E-state index in [2.05, 4.69) is 5.32 Å². The second-order valence-electron chi connectivity index (χ2n) is 8.30. The van der Waals surface area contributed by atoms with E-state index in [0.29, 0.717) is 25.1 Å². The van der Waals surface area contributed by atoms with Crippen molar-refractivity contribution in [1.29, 1.82) is 0 Å². The van der Waals surface area contributed by atoms with Crippen LogP contribution in [0.3, 0.4) is 0 Å². The molecule has 2 aromatic rings. The maximum absolute atomic E-state index is 13.4. The van der Waals surface area contributed by atoms with E-state index in [1.165, 1.54) is 0 Å². The van der Waals surface area contributed by atoms with Gasteiger partial charge in [0.1, 0.15) is 11.8 Å². The zero-order chi connectivity index (χ0) is 23.8. The number of carbonyl (C=O) groups is 2. The molecule has 0 aromatic heterocycles. The van der Waals surface area contributed by atoms with Crippen LogP contribution in [0.5, 0.6) is 17.2 Å². The lowest BCUT2D eigenvalue weighted by molar-refractivity contribution is -0.141. The molecule has 1 N–H and O–H groups in total. The summed E-state index contributed by atoms with van der Waals surface area (Å²) in [5, 5.41) is 3.04. The summed E-state index contributed by atoms with van der Waals surface area (Å²) in [6.07, 6.45) is 2.20. The maximum Gasteiger partial charge on any atom is 0.243 e. The first-order chi connectivity index (χ1) is 15.9. The van der Waals surface area contributed by atoms with Crippen molar-refractivity contribution in [3.05, 3.63) is 53.6 Å². The normalized spacial score (nSPS) is 13.8. The van der Waals surface area contributed by atoms with Gasteiger partial charge in [0.2, 0.25) is 18.6 Å². The molecule has 1 aliphatic rings. The van der Waals surface area contributed by atoms with Gasteiger partial charge in [-0.2, -0.15) is 0 Å². The van der Waals surface area contributed by atoms with E-state index in [1.54, 1.807) is 12.0 Å². The Morgan fingerprint density at radius 3 is 2.58 bits per heavy atom. The average molecular weight is 455 g/mol. The van der Waals surface area contributed by atoms with Gasteiger partial charge in [-0.25, -0.2) is 0 Å². The van der Waals surface area contributed by atoms with Gasteiger partial charge < -0.3 is 24.4 Å². The Hall–Kier alpha value is -3.22. The Labute approximate surface area is 196 Å². The molecule has 1 aliphatic heterocycles. The molecule has 2 aromatic carbocycles. The molecule has 0 aliphatic carbocycles. The predicted octanol–water partition coefficient (Wildman–Crippen LogP) is 4.08. The number of aryl methyl sites for hydroxylation is 1. The molecule has 1 heterocycles. The highest BCUT2D eigenvalue weighted by Crippen LogP contribution is 2.33. The molecule has 0 radical (unpaired) electrons. The third kappa shape index (κ3) is 6.40. The highest BCUT2D eigenvalue weighted by atomic mass is 16.7. The fourth-order valence-electron chi connectivity index (χ4n) is 3.82. The number of hydrogen-bond donors (Lipinski definition) is 1. The van der Waals surface area contributed by atoms with Gasteiger partial charge in [0.25, 0.3) is 0 Å². The molecule has 0 fully saturated rings. The van der Waals surface area contributed by atoms with E-state index in [9.17, 15) is 9.59 Å². The molecule has 2 amide bonds. The topological polar surface area (TPSA) is 77.1 Å². The first-order valence-corrected chi connectivity index (χ1v) is 11.6. The van der Waals surface area contributed by atoms with Gasteiger partial charge in [-0.05, 0) is 61.6 Å². The summed E-state index contributed by atoms with van der Waals surface area (Å²) in [7, 11) is 1.61. The lowest BCUT2D eigenvalue weighted by atomic mass is 10.1. The number of nitrogens with one attached hydrogen (secondary N) is 1. The van der Waals surface area contributed by atoms with Gasteiger partial charge in [-0.3, -0.25) is 9.59 Å². The Kier molecular flexibility index (Phi) is 8.58. The summed E-state index contributed by atoms with van der Waals surface area (Å²) in [5.41, 5.74) is 1.91. The molecular formula is C26H34N2O5. The quantitative estimate of drug-likeness (QED) is 0.554. The van der Waals surface area contributed by atoms with E-state index in [1.807, 2.05) is 63.2 Å². The van der Waals surface area contributed by atoms with Crippen LogP contribution in [0.2, 0.25) is 0 Å². The van der Waals surface area contributed by atoms with Crippen molar-refractivity contribution in [2.24, 2.45) is 0 Å². The summed E-state index contributed by atoms with van der Waals surface area (Å²) >= 11 is 0. The van der Waals surface area contributed by atoms with Crippen molar-refractivity contribution in [2.75, 3.05) is 13.9 Å². The standard InChI is InChI=1S/C26H34N2O5/c1-5-18(3)27-26(30)22(6-2)28(16-20-8-7-9-21(14-20)31-4)25(29)13-11-19-10-12-23-24(15-19)33-17-32-23/h7-10,12,14-15,18,22H,5-6,11,13,16-17H2,1-4H3,(H,27,30). The number of methoxy groups -OCH3 is 1. The van der Waals surface area contributed by atoms with Gasteiger partial charge >= 0.3 is 0 Å². The van der Waals surface area contributed by atoms with Gasteiger partial charge in [0.05, 0.1) is 7.11 Å². The van der Waals surface area contributed by atoms with E-state index in [0.717, 1.165) is 29.0 Å². The number of benzene rings is 2. The second kappa shape index (κ2) is 11.6. The Morgan fingerprint density at radius 2 is 1.85 bits per heavy atom. The molecule has 3 rings (SSSR count). The van der Waals surface area contributed by atoms with Crippen LogP contribution in [0.25, 0.3) is 0 Å². The van der Waals surface area contributed by atoms with E-state index >= 15 is 0 Å². The van der Waals surface area contributed by atoms with E-state index < -0.39 is 6.04 Å². The van der Waals surface area contributed by atoms with Crippen LogP contribution in [0.15, 0.2) is 42.5 Å². The minimum Gasteiger partial charge on any atom is -0.497 e. The number of carbonyl (C=O) groups excluding carboxylic acids is 2. The Morgan fingerprint density at radius 1 is 1.06 bits per heavy atom. The second-order valence-corrected chi connectivity index (χ2v) is 8.30. The van der Waals surface area contributed by atoms with Crippen molar-refractivity contribution < 1.29 is 23.8 Å². The van der Waals surface area contributed by atoms with Crippen molar-refractivity contribution in [1.82, 2.24) is 10.2 Å². The Balaban J connectivity index is 1.77. The third-order valence-corrected chi connectivity index (χ3v) is 5.94.